The van der Waals surface area contributed by atoms with Crippen LogP contribution < -0.4 is 4.74 Å². The molecule has 0 radical (unpaired) electrons. The van der Waals surface area contributed by atoms with Gasteiger partial charge >= 0.3 is 0 Å². The molecule has 1 nitrogen and oxygen atoms in total. The minimum absolute atomic E-state index is 0.214. The second-order valence-electron chi connectivity index (χ2n) is 2.81. The Morgan fingerprint density at radius 1 is 1.50 bits per heavy atom. The Morgan fingerprint density at radius 2 is 2.29 bits per heavy atom. The van der Waals surface area contributed by atoms with Crippen LogP contribution in [0, 0.1) is 5.82 Å². The number of fused-ring (bicyclic) bond motifs is 1. The van der Waals surface area contributed by atoms with E-state index in [1.807, 2.05) is 13.0 Å². The molecule has 0 unspecified atom stereocenters. The molecule has 0 atom stereocenters. The molecule has 1 heterocycles. The first kappa shape index (κ1) is 9.80. The van der Waals surface area contributed by atoms with Crippen molar-refractivity contribution in [2.45, 2.75) is 11.1 Å². The van der Waals surface area contributed by atoms with Crippen molar-refractivity contribution < 1.29 is 9.13 Å². The van der Waals surface area contributed by atoms with Crippen LogP contribution in [0.5, 0.6) is 5.75 Å². The van der Waals surface area contributed by atoms with Crippen LogP contribution in [-0.2, 0) is 0 Å². The highest BCUT2D eigenvalue weighted by atomic mass is 32.2. The molecule has 0 aliphatic carbocycles. The molecule has 0 N–H and O–H groups in total. The zero-order valence-corrected chi connectivity index (χ0v) is 9.29. The third-order valence-corrected chi connectivity index (χ3v) is 3.23. The van der Waals surface area contributed by atoms with E-state index >= 15 is 0 Å². The Morgan fingerprint density at radius 3 is 3.00 bits per heavy atom. The Balaban J connectivity index is 2.68. The molecule has 1 aromatic carbocycles. The lowest BCUT2D eigenvalue weighted by Crippen LogP contribution is -1.91. The predicted octanol–water partition coefficient (Wildman–Crippen LogP) is 3.73. The second-order valence-corrected chi connectivity index (χ2v) is 4.64. The van der Waals surface area contributed by atoms with Crippen LogP contribution in [0.4, 0.5) is 4.39 Å². The summed E-state index contributed by atoms with van der Waals surface area (Å²) in [6.07, 6.45) is 0. The summed E-state index contributed by atoms with van der Waals surface area (Å²) < 4.78 is 20.1. The van der Waals surface area contributed by atoms with E-state index in [0.29, 0.717) is 11.3 Å². The molecule has 74 valence electrons. The molecule has 0 bridgehead atoms. The fourth-order valence-corrected chi connectivity index (χ4v) is 2.56. The predicted molar refractivity (Wildman–Crippen MR) is 60.2 cm³/mol. The number of halogens is 1. The van der Waals surface area contributed by atoms with Crippen LogP contribution in [0.3, 0.4) is 0 Å². The summed E-state index contributed by atoms with van der Waals surface area (Å²) in [6, 6.07) is 4.91. The molecule has 2 rings (SSSR count). The van der Waals surface area contributed by atoms with Crippen LogP contribution >= 0.6 is 24.0 Å². The normalized spacial score (nSPS) is 10.8. The molecule has 0 saturated heterocycles. The van der Waals surface area contributed by atoms with Crippen LogP contribution in [-0.4, -0.2) is 6.61 Å². The Kier molecular flexibility index (Phi) is 2.65. The average molecular weight is 228 g/mol. The van der Waals surface area contributed by atoms with E-state index in [2.05, 4.69) is 12.6 Å². The van der Waals surface area contributed by atoms with Crippen molar-refractivity contribution in [2.75, 3.05) is 6.61 Å². The van der Waals surface area contributed by atoms with E-state index in [1.54, 1.807) is 6.07 Å². The first-order valence-electron chi connectivity index (χ1n) is 4.26. The molecule has 0 amide bonds. The number of ether oxygens (including phenoxy) is 1. The highest BCUT2D eigenvalue weighted by Crippen LogP contribution is 2.36. The molecule has 0 aliphatic rings. The van der Waals surface area contributed by atoms with Gasteiger partial charge in [-0.25, -0.2) is 4.39 Å². The van der Waals surface area contributed by atoms with Crippen LogP contribution in [0.15, 0.2) is 22.4 Å². The Hall–Kier alpha value is -0.740. The maximum atomic E-state index is 13.3. The molecular weight excluding hydrogens is 219 g/mol. The highest BCUT2D eigenvalue weighted by molar-refractivity contribution is 7.83. The SMILES string of the molecule is CCOc1ccc(F)c2sc(S)cc12. The molecule has 4 heteroatoms. The first-order valence-corrected chi connectivity index (χ1v) is 5.52. The van der Waals surface area contributed by atoms with Gasteiger partial charge in [0.05, 0.1) is 15.5 Å². The lowest BCUT2D eigenvalue weighted by Gasteiger charge is -2.03. The quantitative estimate of drug-likeness (QED) is 0.771. The van der Waals surface area contributed by atoms with Gasteiger partial charge in [-0.05, 0) is 25.1 Å². The minimum Gasteiger partial charge on any atom is -0.493 e. The number of thiophene rings is 1. The number of hydrogen-bond acceptors (Lipinski definition) is 3. The van der Waals surface area contributed by atoms with Gasteiger partial charge in [0.1, 0.15) is 11.6 Å². The summed E-state index contributed by atoms with van der Waals surface area (Å²) in [5, 5.41) is 0.807. The van der Waals surface area contributed by atoms with E-state index in [-0.39, 0.29) is 5.82 Å². The second kappa shape index (κ2) is 3.79. The third kappa shape index (κ3) is 1.60. The molecular formula is C10H9FOS2. The van der Waals surface area contributed by atoms with Crippen molar-refractivity contribution in [1.82, 2.24) is 0 Å². The standard InChI is InChI=1S/C10H9FOS2/c1-2-12-8-4-3-7(11)10-6(8)5-9(13)14-10/h3-5,13H,2H2,1H3. The van der Waals surface area contributed by atoms with Gasteiger partial charge in [0.2, 0.25) is 0 Å². The lowest BCUT2D eigenvalue weighted by molar-refractivity contribution is 0.344. The smallest absolute Gasteiger partial charge is 0.141 e. The largest absolute Gasteiger partial charge is 0.493 e. The third-order valence-electron chi connectivity index (χ3n) is 1.88. The number of thiol groups is 1. The van der Waals surface area contributed by atoms with Crippen LogP contribution in [0.25, 0.3) is 10.1 Å². The number of benzene rings is 1. The van der Waals surface area contributed by atoms with Crippen molar-refractivity contribution in [3.8, 4) is 5.75 Å². The monoisotopic (exact) mass is 228 g/mol. The Bertz CT molecular complexity index is 464. The van der Waals surface area contributed by atoms with Gasteiger partial charge in [-0.15, -0.1) is 24.0 Å². The van der Waals surface area contributed by atoms with Crippen molar-refractivity contribution in [3.05, 3.63) is 24.0 Å². The molecule has 0 fully saturated rings. The summed E-state index contributed by atoms with van der Waals surface area (Å²) >= 11 is 5.53. The van der Waals surface area contributed by atoms with Crippen LogP contribution in [0.2, 0.25) is 0 Å². The van der Waals surface area contributed by atoms with Gasteiger partial charge in [-0.3, -0.25) is 0 Å². The summed E-state index contributed by atoms with van der Waals surface area (Å²) in [4.78, 5) is 0. The van der Waals surface area contributed by atoms with Gasteiger partial charge in [-0.1, -0.05) is 0 Å². The lowest BCUT2D eigenvalue weighted by atomic mass is 10.2. The van der Waals surface area contributed by atoms with E-state index in [4.69, 9.17) is 4.74 Å². The van der Waals surface area contributed by atoms with Crippen LogP contribution in [0.1, 0.15) is 6.92 Å². The van der Waals surface area contributed by atoms with Crippen molar-refractivity contribution in [1.29, 1.82) is 0 Å². The average Bonchev–Trinajstić information content (AvgIpc) is 2.53. The summed E-state index contributed by atoms with van der Waals surface area (Å²) in [7, 11) is 0. The van der Waals surface area contributed by atoms with Crippen molar-refractivity contribution >= 4 is 34.1 Å². The zero-order chi connectivity index (χ0) is 10.1. The zero-order valence-electron chi connectivity index (χ0n) is 7.58. The highest BCUT2D eigenvalue weighted by Gasteiger charge is 2.09. The van der Waals surface area contributed by atoms with Gasteiger partial charge in [0, 0.05) is 5.39 Å². The number of rotatable bonds is 2. The van der Waals surface area contributed by atoms with E-state index < -0.39 is 0 Å². The fourth-order valence-electron chi connectivity index (χ4n) is 1.33. The van der Waals surface area contributed by atoms with E-state index in [9.17, 15) is 4.39 Å². The maximum absolute atomic E-state index is 13.3. The topological polar surface area (TPSA) is 9.23 Å². The Labute approximate surface area is 90.9 Å². The van der Waals surface area contributed by atoms with E-state index in [0.717, 1.165) is 15.3 Å². The first-order chi connectivity index (χ1) is 6.72. The number of hydrogen-bond donors (Lipinski definition) is 1. The molecule has 2 aromatic rings. The summed E-state index contributed by atoms with van der Waals surface area (Å²) in [5.41, 5.74) is 0. The molecule has 0 aliphatic heterocycles. The van der Waals surface area contributed by atoms with Gasteiger partial charge in [0.25, 0.3) is 0 Å². The summed E-state index contributed by atoms with van der Waals surface area (Å²) in [6.45, 7) is 2.49. The molecule has 1 aromatic heterocycles. The summed E-state index contributed by atoms with van der Waals surface area (Å²) in [5.74, 6) is 0.509. The fraction of sp³-hybridized carbons (Fsp3) is 0.200. The molecule has 14 heavy (non-hydrogen) atoms. The molecule has 0 saturated carbocycles. The molecule has 0 spiro atoms. The van der Waals surface area contributed by atoms with Gasteiger partial charge in [0.15, 0.2) is 0 Å². The van der Waals surface area contributed by atoms with Gasteiger partial charge in [-0.2, -0.15) is 0 Å². The van der Waals surface area contributed by atoms with E-state index in [1.165, 1.54) is 17.4 Å². The van der Waals surface area contributed by atoms with Crippen molar-refractivity contribution in [2.24, 2.45) is 0 Å². The van der Waals surface area contributed by atoms with Gasteiger partial charge < -0.3 is 4.74 Å². The minimum atomic E-state index is -0.214. The van der Waals surface area contributed by atoms with Crippen molar-refractivity contribution in [3.63, 3.8) is 0 Å². The maximum Gasteiger partial charge on any atom is 0.141 e.